The summed E-state index contributed by atoms with van der Waals surface area (Å²) >= 11 is 0. The number of carbonyl (C=O) groups excluding carboxylic acids is 3. The summed E-state index contributed by atoms with van der Waals surface area (Å²) < 4.78 is 12.1. The molecule has 1 atom stereocenters. The Kier molecular flexibility index (Phi) is 10.8. The number of nitrogens with zero attached hydrogens (tertiary/aromatic N) is 2. The summed E-state index contributed by atoms with van der Waals surface area (Å²) in [5.74, 6) is -0.744. The Morgan fingerprint density at radius 3 is 1.84 bits per heavy atom. The van der Waals surface area contributed by atoms with E-state index in [1.54, 1.807) is 23.1 Å². The molecule has 4 aromatic carbocycles. The average molecular weight is 607 g/mol. The lowest BCUT2D eigenvalue weighted by molar-refractivity contribution is -0.137. The van der Waals surface area contributed by atoms with E-state index in [1.807, 2.05) is 78.9 Å². The van der Waals surface area contributed by atoms with E-state index in [0.717, 1.165) is 17.7 Å². The van der Waals surface area contributed by atoms with Crippen molar-refractivity contribution >= 4 is 17.7 Å². The van der Waals surface area contributed by atoms with Crippen LogP contribution in [0.15, 0.2) is 109 Å². The maximum absolute atomic E-state index is 13.6. The second-order valence-electron chi connectivity index (χ2n) is 11.0. The molecule has 1 aliphatic rings. The fourth-order valence-corrected chi connectivity index (χ4v) is 5.20. The molecule has 0 unspecified atom stereocenters. The highest BCUT2D eigenvalue weighted by Crippen LogP contribution is 2.27. The molecule has 0 radical (unpaired) electrons. The zero-order valence-corrected chi connectivity index (χ0v) is 25.1. The van der Waals surface area contributed by atoms with Gasteiger partial charge in [0.05, 0.1) is 12.0 Å². The first-order valence-corrected chi connectivity index (χ1v) is 15.1. The molecular weight excluding hydrogens is 568 g/mol. The van der Waals surface area contributed by atoms with Crippen LogP contribution in [0, 0.1) is 0 Å². The zero-order chi connectivity index (χ0) is 31.4. The Bertz CT molecular complexity index is 1560. The number of nitrogens with two attached hydrogens (primary N) is 1. The summed E-state index contributed by atoms with van der Waals surface area (Å²) in [6.45, 7) is 3.69. The van der Waals surface area contributed by atoms with Crippen molar-refractivity contribution in [2.45, 2.75) is 32.2 Å². The number of hydrogen-bond donors (Lipinski definition) is 2. The third kappa shape index (κ3) is 9.17. The lowest BCUT2D eigenvalue weighted by atomic mass is 10.1. The summed E-state index contributed by atoms with van der Waals surface area (Å²) in [7, 11) is 0. The summed E-state index contributed by atoms with van der Waals surface area (Å²) in [5, 5.41) is 2.76. The van der Waals surface area contributed by atoms with Gasteiger partial charge in [-0.3, -0.25) is 19.3 Å². The molecule has 9 nitrogen and oxygen atoms in total. The summed E-state index contributed by atoms with van der Waals surface area (Å²) in [6, 6.07) is 33.3. The SMILES string of the molecule is NC(=O)C[C@H](NC(=O)c1ccc(OCc2ccccc2)cc1OCc1ccccc1)C(=O)N1CCN(Cc2ccccc2)CC1. The van der Waals surface area contributed by atoms with Crippen molar-refractivity contribution in [2.75, 3.05) is 26.2 Å². The van der Waals surface area contributed by atoms with Gasteiger partial charge in [-0.15, -0.1) is 0 Å². The fourth-order valence-electron chi connectivity index (χ4n) is 5.20. The van der Waals surface area contributed by atoms with E-state index in [9.17, 15) is 14.4 Å². The second kappa shape index (κ2) is 15.5. The summed E-state index contributed by atoms with van der Waals surface area (Å²) in [5.41, 5.74) is 8.86. The molecule has 3 amide bonds. The third-order valence-corrected chi connectivity index (χ3v) is 7.62. The molecule has 232 valence electrons. The molecule has 1 aliphatic heterocycles. The lowest BCUT2D eigenvalue weighted by Crippen LogP contribution is -2.55. The molecule has 0 spiro atoms. The zero-order valence-electron chi connectivity index (χ0n) is 25.1. The topological polar surface area (TPSA) is 114 Å². The van der Waals surface area contributed by atoms with Gasteiger partial charge in [0.2, 0.25) is 11.8 Å². The fraction of sp³-hybridized carbons (Fsp3) is 0.250. The van der Waals surface area contributed by atoms with E-state index in [2.05, 4.69) is 22.3 Å². The van der Waals surface area contributed by atoms with Crippen LogP contribution in [-0.2, 0) is 29.3 Å². The number of piperazine rings is 1. The van der Waals surface area contributed by atoms with Crippen molar-refractivity contribution in [2.24, 2.45) is 5.73 Å². The molecule has 1 fully saturated rings. The Labute approximate surface area is 263 Å². The standard InChI is InChI=1S/C36H38N4O5/c37-34(41)23-32(36(43)40-20-18-39(19-21-40)24-27-10-4-1-5-11-27)38-35(42)31-17-16-30(44-25-28-12-6-2-7-13-28)22-33(31)45-26-29-14-8-3-9-15-29/h1-17,22,32H,18-21,23-26H2,(H2,37,41)(H,38,42)/t32-/m0/s1. The molecule has 0 aliphatic carbocycles. The highest BCUT2D eigenvalue weighted by atomic mass is 16.5. The van der Waals surface area contributed by atoms with E-state index in [1.165, 1.54) is 5.56 Å². The predicted molar refractivity (Wildman–Crippen MR) is 171 cm³/mol. The monoisotopic (exact) mass is 606 g/mol. The van der Waals surface area contributed by atoms with Gasteiger partial charge < -0.3 is 25.4 Å². The average Bonchev–Trinajstić information content (AvgIpc) is 3.07. The van der Waals surface area contributed by atoms with Crippen LogP contribution in [0.3, 0.4) is 0 Å². The smallest absolute Gasteiger partial charge is 0.255 e. The first kappa shape index (κ1) is 31.3. The molecule has 5 rings (SSSR count). The third-order valence-electron chi connectivity index (χ3n) is 7.62. The Balaban J connectivity index is 1.27. The molecule has 0 saturated carbocycles. The number of benzene rings is 4. The molecule has 45 heavy (non-hydrogen) atoms. The van der Waals surface area contributed by atoms with Gasteiger partial charge in [0, 0.05) is 38.8 Å². The van der Waals surface area contributed by atoms with Gasteiger partial charge in [-0.05, 0) is 28.8 Å². The first-order chi connectivity index (χ1) is 21.9. The predicted octanol–water partition coefficient (Wildman–Crippen LogP) is 4.16. The Morgan fingerprint density at radius 1 is 0.711 bits per heavy atom. The quantitative estimate of drug-likeness (QED) is 0.236. The lowest BCUT2D eigenvalue weighted by Gasteiger charge is -2.36. The molecule has 4 aromatic rings. The number of nitrogens with one attached hydrogen (secondary N) is 1. The van der Waals surface area contributed by atoms with Crippen molar-refractivity contribution in [3.8, 4) is 11.5 Å². The van der Waals surface area contributed by atoms with E-state index in [4.69, 9.17) is 15.2 Å². The van der Waals surface area contributed by atoms with Crippen LogP contribution in [0.1, 0.15) is 33.5 Å². The molecule has 0 bridgehead atoms. The molecular formula is C36H38N4O5. The number of hydrogen-bond acceptors (Lipinski definition) is 6. The number of carbonyl (C=O) groups is 3. The van der Waals surface area contributed by atoms with Crippen molar-refractivity contribution in [3.05, 3.63) is 131 Å². The van der Waals surface area contributed by atoms with E-state index in [0.29, 0.717) is 44.3 Å². The largest absolute Gasteiger partial charge is 0.489 e. The maximum atomic E-state index is 13.6. The van der Waals surface area contributed by atoms with Gasteiger partial charge in [-0.25, -0.2) is 0 Å². The molecule has 3 N–H and O–H groups in total. The number of amides is 3. The molecule has 0 aromatic heterocycles. The van der Waals surface area contributed by atoms with E-state index in [-0.39, 0.29) is 24.5 Å². The normalized spacial score (nSPS) is 13.9. The van der Waals surface area contributed by atoms with Gasteiger partial charge in [0.15, 0.2) is 0 Å². The molecule has 1 heterocycles. The second-order valence-corrected chi connectivity index (χ2v) is 11.0. The van der Waals surface area contributed by atoms with Crippen LogP contribution in [0.2, 0.25) is 0 Å². The van der Waals surface area contributed by atoms with E-state index < -0.39 is 17.9 Å². The van der Waals surface area contributed by atoms with Crippen LogP contribution in [0.5, 0.6) is 11.5 Å². The minimum atomic E-state index is -1.10. The summed E-state index contributed by atoms with van der Waals surface area (Å²) in [4.78, 5) is 43.1. The van der Waals surface area contributed by atoms with Crippen molar-refractivity contribution in [3.63, 3.8) is 0 Å². The highest BCUT2D eigenvalue weighted by molar-refractivity contribution is 6.00. The highest BCUT2D eigenvalue weighted by Gasteiger charge is 2.31. The minimum Gasteiger partial charge on any atom is -0.489 e. The maximum Gasteiger partial charge on any atom is 0.255 e. The first-order valence-electron chi connectivity index (χ1n) is 15.1. The molecule has 1 saturated heterocycles. The Morgan fingerprint density at radius 2 is 1.27 bits per heavy atom. The van der Waals surface area contributed by atoms with Crippen LogP contribution in [0.4, 0.5) is 0 Å². The van der Waals surface area contributed by atoms with Crippen LogP contribution in [0.25, 0.3) is 0 Å². The van der Waals surface area contributed by atoms with Gasteiger partial charge in [0.25, 0.3) is 5.91 Å². The minimum absolute atomic E-state index is 0.216. The number of rotatable bonds is 13. The number of ether oxygens (including phenoxy) is 2. The molecule has 9 heteroatoms. The van der Waals surface area contributed by atoms with E-state index >= 15 is 0 Å². The van der Waals surface area contributed by atoms with Gasteiger partial charge in [0.1, 0.15) is 30.8 Å². The van der Waals surface area contributed by atoms with Gasteiger partial charge in [-0.2, -0.15) is 0 Å². The van der Waals surface area contributed by atoms with Crippen molar-refractivity contribution < 1.29 is 23.9 Å². The summed E-state index contributed by atoms with van der Waals surface area (Å²) in [6.07, 6.45) is -0.312. The van der Waals surface area contributed by atoms with Gasteiger partial charge in [-0.1, -0.05) is 91.0 Å². The van der Waals surface area contributed by atoms with Crippen molar-refractivity contribution in [1.82, 2.24) is 15.1 Å². The Hall–Kier alpha value is -5.15. The van der Waals surface area contributed by atoms with Gasteiger partial charge >= 0.3 is 0 Å². The van der Waals surface area contributed by atoms with Crippen molar-refractivity contribution in [1.29, 1.82) is 0 Å². The van der Waals surface area contributed by atoms with Crippen LogP contribution >= 0.6 is 0 Å². The number of primary amides is 1. The van der Waals surface area contributed by atoms with Crippen LogP contribution in [-0.4, -0.2) is 59.7 Å². The van der Waals surface area contributed by atoms with Crippen LogP contribution < -0.4 is 20.5 Å².